The van der Waals surface area contributed by atoms with Crippen LogP contribution in [0.2, 0.25) is 0 Å². The fraction of sp³-hybridized carbons (Fsp3) is 0.333. The molecular weight excluding hydrogens is 195 g/mol. The standard InChI is InChI=1S/C9H10F3NO/c1-4(14)9(13)8-6(11)2-5(10)3-7(8)12/h2-4,9,14H,13H2,1H3/t4-,9-/m0/s1. The zero-order valence-corrected chi connectivity index (χ0v) is 7.47. The van der Waals surface area contributed by atoms with Crippen LogP contribution in [0.1, 0.15) is 18.5 Å². The molecule has 0 bridgehead atoms. The minimum Gasteiger partial charge on any atom is -0.391 e. The maximum absolute atomic E-state index is 13.1. The Balaban J connectivity index is 3.20. The van der Waals surface area contributed by atoms with Crippen molar-refractivity contribution < 1.29 is 18.3 Å². The van der Waals surface area contributed by atoms with E-state index in [0.717, 1.165) is 0 Å². The van der Waals surface area contributed by atoms with Crippen molar-refractivity contribution in [2.45, 2.75) is 19.1 Å². The predicted molar refractivity (Wildman–Crippen MR) is 44.9 cm³/mol. The molecule has 0 aliphatic heterocycles. The van der Waals surface area contributed by atoms with Crippen LogP contribution in [0.5, 0.6) is 0 Å². The number of aliphatic hydroxyl groups is 1. The van der Waals surface area contributed by atoms with Crippen LogP contribution < -0.4 is 5.73 Å². The minimum atomic E-state index is -1.20. The molecule has 78 valence electrons. The van der Waals surface area contributed by atoms with Crippen molar-refractivity contribution in [2.24, 2.45) is 5.73 Å². The van der Waals surface area contributed by atoms with Gasteiger partial charge >= 0.3 is 0 Å². The summed E-state index contributed by atoms with van der Waals surface area (Å²) >= 11 is 0. The molecule has 2 atom stereocenters. The van der Waals surface area contributed by atoms with E-state index in [1.165, 1.54) is 6.92 Å². The number of hydrogen-bond donors (Lipinski definition) is 2. The molecule has 2 nitrogen and oxygen atoms in total. The average molecular weight is 205 g/mol. The third-order valence-electron chi connectivity index (χ3n) is 1.90. The van der Waals surface area contributed by atoms with Gasteiger partial charge < -0.3 is 10.8 Å². The van der Waals surface area contributed by atoms with Crippen molar-refractivity contribution in [1.29, 1.82) is 0 Å². The molecule has 0 heterocycles. The molecule has 0 spiro atoms. The van der Waals surface area contributed by atoms with Crippen LogP contribution in [0.25, 0.3) is 0 Å². The Labute approximate surface area is 79.2 Å². The summed E-state index contributed by atoms with van der Waals surface area (Å²) in [5.74, 6) is -3.19. The summed E-state index contributed by atoms with van der Waals surface area (Å²) in [4.78, 5) is 0. The first kappa shape index (κ1) is 11.0. The summed E-state index contributed by atoms with van der Waals surface area (Å²) < 4.78 is 38.6. The SMILES string of the molecule is C[C@H](O)[C@H](N)c1c(F)cc(F)cc1F. The lowest BCUT2D eigenvalue weighted by molar-refractivity contribution is 0.160. The second-order valence-electron chi connectivity index (χ2n) is 3.05. The molecule has 0 amide bonds. The highest BCUT2D eigenvalue weighted by molar-refractivity contribution is 5.24. The number of nitrogens with two attached hydrogens (primary N) is 1. The van der Waals surface area contributed by atoms with Crippen molar-refractivity contribution in [3.8, 4) is 0 Å². The van der Waals surface area contributed by atoms with E-state index in [1.54, 1.807) is 0 Å². The van der Waals surface area contributed by atoms with E-state index in [2.05, 4.69) is 0 Å². The lowest BCUT2D eigenvalue weighted by atomic mass is 10.0. The Morgan fingerprint density at radius 2 is 1.64 bits per heavy atom. The molecule has 0 aliphatic carbocycles. The Bertz CT molecular complexity index is 318. The van der Waals surface area contributed by atoms with Gasteiger partial charge in [0.2, 0.25) is 0 Å². The number of rotatable bonds is 2. The molecule has 0 radical (unpaired) electrons. The molecule has 0 aromatic heterocycles. The number of benzene rings is 1. The van der Waals surface area contributed by atoms with Crippen LogP contribution in [0.4, 0.5) is 13.2 Å². The van der Waals surface area contributed by atoms with E-state index < -0.39 is 35.2 Å². The lowest BCUT2D eigenvalue weighted by Gasteiger charge is -2.16. The van der Waals surface area contributed by atoms with Gasteiger partial charge in [0, 0.05) is 17.7 Å². The van der Waals surface area contributed by atoms with Gasteiger partial charge in [-0.2, -0.15) is 0 Å². The van der Waals surface area contributed by atoms with E-state index in [-0.39, 0.29) is 0 Å². The van der Waals surface area contributed by atoms with E-state index in [1.807, 2.05) is 0 Å². The average Bonchev–Trinajstić information content (AvgIpc) is 2.01. The highest BCUT2D eigenvalue weighted by Gasteiger charge is 2.21. The van der Waals surface area contributed by atoms with Crippen LogP contribution in [0, 0.1) is 17.5 Å². The smallest absolute Gasteiger partial charge is 0.133 e. The fourth-order valence-electron chi connectivity index (χ4n) is 1.11. The molecular formula is C9H10F3NO. The van der Waals surface area contributed by atoms with Crippen LogP contribution >= 0.6 is 0 Å². The van der Waals surface area contributed by atoms with Gasteiger partial charge in [0.15, 0.2) is 0 Å². The van der Waals surface area contributed by atoms with Crippen molar-refractivity contribution in [1.82, 2.24) is 0 Å². The van der Waals surface area contributed by atoms with Gasteiger partial charge in [0.1, 0.15) is 17.5 Å². The monoisotopic (exact) mass is 205 g/mol. The first-order valence-electron chi connectivity index (χ1n) is 4.01. The number of aliphatic hydroxyl groups excluding tert-OH is 1. The molecule has 14 heavy (non-hydrogen) atoms. The van der Waals surface area contributed by atoms with Gasteiger partial charge in [-0.05, 0) is 6.92 Å². The van der Waals surface area contributed by atoms with Gasteiger partial charge in [-0.1, -0.05) is 0 Å². The second kappa shape index (κ2) is 3.98. The van der Waals surface area contributed by atoms with Gasteiger partial charge in [-0.3, -0.25) is 0 Å². The lowest BCUT2D eigenvalue weighted by Crippen LogP contribution is -2.25. The van der Waals surface area contributed by atoms with E-state index >= 15 is 0 Å². The summed E-state index contributed by atoms with van der Waals surface area (Å²) in [5, 5.41) is 9.04. The van der Waals surface area contributed by atoms with Gasteiger partial charge in [0.05, 0.1) is 12.1 Å². The first-order valence-corrected chi connectivity index (χ1v) is 4.01. The number of halogens is 3. The van der Waals surface area contributed by atoms with Gasteiger partial charge in [0.25, 0.3) is 0 Å². The molecule has 0 saturated heterocycles. The van der Waals surface area contributed by atoms with E-state index in [9.17, 15) is 13.2 Å². The highest BCUT2D eigenvalue weighted by Crippen LogP contribution is 2.22. The predicted octanol–water partition coefficient (Wildman–Crippen LogP) is 1.48. The summed E-state index contributed by atoms with van der Waals surface area (Å²) in [7, 11) is 0. The van der Waals surface area contributed by atoms with E-state index in [0.29, 0.717) is 12.1 Å². The van der Waals surface area contributed by atoms with Crippen molar-refractivity contribution in [3.63, 3.8) is 0 Å². The first-order chi connectivity index (χ1) is 6.43. The molecule has 3 N–H and O–H groups in total. The molecule has 0 unspecified atom stereocenters. The minimum absolute atomic E-state index is 0.499. The maximum Gasteiger partial charge on any atom is 0.133 e. The quantitative estimate of drug-likeness (QED) is 0.768. The largest absolute Gasteiger partial charge is 0.391 e. The van der Waals surface area contributed by atoms with Crippen molar-refractivity contribution in [3.05, 3.63) is 35.1 Å². The van der Waals surface area contributed by atoms with Crippen molar-refractivity contribution in [2.75, 3.05) is 0 Å². The van der Waals surface area contributed by atoms with Crippen LogP contribution in [-0.2, 0) is 0 Å². The zero-order chi connectivity index (χ0) is 10.9. The molecule has 1 aromatic rings. The fourth-order valence-corrected chi connectivity index (χ4v) is 1.11. The Morgan fingerprint density at radius 3 is 2.00 bits per heavy atom. The van der Waals surface area contributed by atoms with Crippen molar-refractivity contribution >= 4 is 0 Å². The third kappa shape index (κ3) is 2.05. The second-order valence-corrected chi connectivity index (χ2v) is 3.05. The normalized spacial score (nSPS) is 15.3. The molecule has 1 rings (SSSR count). The Morgan fingerprint density at radius 1 is 1.21 bits per heavy atom. The summed E-state index contributed by atoms with van der Waals surface area (Å²) in [5.41, 5.74) is 4.84. The van der Waals surface area contributed by atoms with E-state index in [4.69, 9.17) is 10.8 Å². The summed E-state index contributed by atoms with van der Waals surface area (Å²) in [6.07, 6.45) is -1.11. The van der Waals surface area contributed by atoms with Crippen LogP contribution in [0.15, 0.2) is 12.1 Å². The third-order valence-corrected chi connectivity index (χ3v) is 1.90. The molecule has 0 aliphatic rings. The Hall–Kier alpha value is -1.07. The summed E-state index contributed by atoms with van der Waals surface area (Å²) in [6, 6.07) is -0.142. The maximum atomic E-state index is 13.1. The number of hydrogen-bond acceptors (Lipinski definition) is 2. The highest BCUT2D eigenvalue weighted by atomic mass is 19.1. The summed E-state index contributed by atoms with van der Waals surface area (Å²) in [6.45, 7) is 1.30. The Kier molecular flexibility index (Phi) is 3.13. The molecule has 0 fully saturated rings. The molecule has 5 heteroatoms. The van der Waals surface area contributed by atoms with Crippen LogP contribution in [-0.4, -0.2) is 11.2 Å². The van der Waals surface area contributed by atoms with Gasteiger partial charge in [-0.25, -0.2) is 13.2 Å². The zero-order valence-electron chi connectivity index (χ0n) is 7.47. The van der Waals surface area contributed by atoms with Crippen LogP contribution in [0.3, 0.4) is 0 Å². The topological polar surface area (TPSA) is 46.2 Å². The molecule has 1 aromatic carbocycles. The molecule has 0 saturated carbocycles. The van der Waals surface area contributed by atoms with Gasteiger partial charge in [-0.15, -0.1) is 0 Å².